The van der Waals surface area contributed by atoms with Crippen LogP contribution in [-0.4, -0.2) is 12.5 Å². The van der Waals surface area contributed by atoms with E-state index in [0.29, 0.717) is 12.5 Å². The normalized spacial score (nSPS) is 15.8. The summed E-state index contributed by atoms with van der Waals surface area (Å²) in [4.78, 5) is 12.2. The first-order valence-electron chi connectivity index (χ1n) is 6.82. The van der Waals surface area contributed by atoms with E-state index in [2.05, 4.69) is 22.9 Å². The van der Waals surface area contributed by atoms with Crippen LogP contribution in [0.5, 0.6) is 0 Å². The fraction of sp³-hybridized carbons (Fsp3) is 0.188. The van der Waals surface area contributed by atoms with Gasteiger partial charge >= 0.3 is 0 Å². The van der Waals surface area contributed by atoms with Crippen molar-refractivity contribution in [3.05, 3.63) is 65.0 Å². The van der Waals surface area contributed by atoms with Crippen LogP contribution in [0.3, 0.4) is 0 Å². The lowest BCUT2D eigenvalue weighted by atomic mass is 9.77. The Balaban J connectivity index is 1.67. The molecule has 4 nitrogen and oxygen atoms in total. The molecule has 0 radical (unpaired) electrons. The first-order chi connectivity index (χ1) is 10.2. The molecule has 2 aromatic carbocycles. The van der Waals surface area contributed by atoms with Crippen molar-refractivity contribution in [3.63, 3.8) is 0 Å². The molecule has 0 saturated carbocycles. The van der Waals surface area contributed by atoms with Crippen molar-refractivity contribution in [2.24, 2.45) is 5.84 Å². The molecule has 21 heavy (non-hydrogen) atoms. The quantitative estimate of drug-likeness (QED) is 0.596. The summed E-state index contributed by atoms with van der Waals surface area (Å²) in [7, 11) is 0. The van der Waals surface area contributed by atoms with Gasteiger partial charge in [-0.2, -0.15) is 0 Å². The molecule has 0 aromatic heterocycles. The van der Waals surface area contributed by atoms with Gasteiger partial charge in [-0.3, -0.25) is 10.6 Å². The third-order valence-electron chi connectivity index (χ3n) is 3.87. The summed E-state index contributed by atoms with van der Waals surface area (Å²) in [5, 5.41) is 2.84. The SMILES string of the molecule is NNc1c(F)cccc1C(=O)NCC1Cc2ccccc21. The second kappa shape index (κ2) is 5.54. The first kappa shape index (κ1) is 13.6. The van der Waals surface area contributed by atoms with Crippen LogP contribution in [0.4, 0.5) is 10.1 Å². The van der Waals surface area contributed by atoms with Crippen molar-refractivity contribution in [1.82, 2.24) is 5.32 Å². The van der Waals surface area contributed by atoms with Crippen LogP contribution >= 0.6 is 0 Å². The number of halogens is 1. The fourth-order valence-corrected chi connectivity index (χ4v) is 2.72. The lowest BCUT2D eigenvalue weighted by molar-refractivity contribution is 0.0950. The van der Waals surface area contributed by atoms with Gasteiger partial charge in [-0.15, -0.1) is 0 Å². The fourth-order valence-electron chi connectivity index (χ4n) is 2.72. The van der Waals surface area contributed by atoms with E-state index in [1.54, 1.807) is 6.07 Å². The molecule has 1 atom stereocenters. The number of hydrogen-bond acceptors (Lipinski definition) is 3. The largest absolute Gasteiger partial charge is 0.351 e. The number of amides is 1. The zero-order valence-electron chi connectivity index (χ0n) is 11.4. The van der Waals surface area contributed by atoms with E-state index in [4.69, 9.17) is 5.84 Å². The maximum Gasteiger partial charge on any atom is 0.253 e. The molecule has 108 valence electrons. The number of fused-ring (bicyclic) bond motifs is 1. The lowest BCUT2D eigenvalue weighted by Crippen LogP contribution is -2.33. The molecule has 0 saturated heterocycles. The Morgan fingerprint density at radius 3 is 2.81 bits per heavy atom. The number of benzene rings is 2. The van der Waals surface area contributed by atoms with Crippen LogP contribution in [0.25, 0.3) is 0 Å². The molecule has 0 fully saturated rings. The molecule has 0 bridgehead atoms. The number of anilines is 1. The third kappa shape index (κ3) is 2.48. The number of nitrogens with one attached hydrogen (secondary N) is 2. The van der Waals surface area contributed by atoms with Gasteiger partial charge in [0.15, 0.2) is 0 Å². The Bertz CT molecular complexity index is 687. The minimum absolute atomic E-state index is 0.0176. The zero-order chi connectivity index (χ0) is 14.8. The molecule has 1 amide bonds. The van der Waals surface area contributed by atoms with Crippen LogP contribution < -0.4 is 16.6 Å². The molecule has 0 heterocycles. The maximum atomic E-state index is 13.6. The van der Waals surface area contributed by atoms with Crippen molar-refractivity contribution in [2.75, 3.05) is 12.0 Å². The van der Waals surface area contributed by atoms with E-state index in [0.717, 1.165) is 6.42 Å². The van der Waals surface area contributed by atoms with Gasteiger partial charge in [0.1, 0.15) is 5.82 Å². The van der Waals surface area contributed by atoms with Crippen molar-refractivity contribution < 1.29 is 9.18 Å². The number of hydrazine groups is 1. The zero-order valence-corrected chi connectivity index (χ0v) is 11.4. The van der Waals surface area contributed by atoms with Crippen LogP contribution in [-0.2, 0) is 6.42 Å². The molecule has 0 spiro atoms. The van der Waals surface area contributed by atoms with Crippen LogP contribution in [0.15, 0.2) is 42.5 Å². The molecule has 5 heteroatoms. The molecule has 0 aliphatic heterocycles. The lowest BCUT2D eigenvalue weighted by Gasteiger charge is -2.30. The Hall–Kier alpha value is -2.40. The van der Waals surface area contributed by atoms with Crippen LogP contribution in [0.2, 0.25) is 0 Å². The molecule has 1 aliphatic carbocycles. The van der Waals surface area contributed by atoms with Gasteiger partial charge in [0.05, 0.1) is 11.3 Å². The summed E-state index contributed by atoms with van der Waals surface area (Å²) in [6, 6.07) is 12.5. The average molecular weight is 285 g/mol. The van der Waals surface area contributed by atoms with Crippen molar-refractivity contribution >= 4 is 11.6 Å². The molecular formula is C16H16FN3O. The predicted molar refractivity (Wildman–Crippen MR) is 79.4 cm³/mol. The summed E-state index contributed by atoms with van der Waals surface area (Å²) < 4.78 is 13.6. The monoisotopic (exact) mass is 285 g/mol. The summed E-state index contributed by atoms with van der Waals surface area (Å²) in [5.41, 5.74) is 5.07. The van der Waals surface area contributed by atoms with Crippen LogP contribution in [0, 0.1) is 5.82 Å². The Labute approximate surface area is 122 Å². The van der Waals surface area contributed by atoms with E-state index in [-0.39, 0.29) is 17.2 Å². The Morgan fingerprint density at radius 1 is 1.24 bits per heavy atom. The minimum Gasteiger partial charge on any atom is -0.351 e. The Morgan fingerprint density at radius 2 is 2.05 bits per heavy atom. The topological polar surface area (TPSA) is 67.1 Å². The number of rotatable bonds is 4. The highest BCUT2D eigenvalue weighted by Crippen LogP contribution is 2.34. The van der Waals surface area contributed by atoms with E-state index < -0.39 is 5.82 Å². The summed E-state index contributed by atoms with van der Waals surface area (Å²) in [6.07, 6.45) is 0.960. The molecular weight excluding hydrogens is 269 g/mol. The van der Waals surface area contributed by atoms with Gasteiger partial charge in [0, 0.05) is 12.5 Å². The number of carbonyl (C=O) groups is 1. The average Bonchev–Trinajstić information content (AvgIpc) is 2.47. The second-order valence-electron chi connectivity index (χ2n) is 5.12. The second-order valence-corrected chi connectivity index (χ2v) is 5.12. The highest BCUT2D eigenvalue weighted by atomic mass is 19.1. The molecule has 1 aliphatic rings. The summed E-state index contributed by atoms with van der Waals surface area (Å²) >= 11 is 0. The van der Waals surface area contributed by atoms with Gasteiger partial charge in [-0.1, -0.05) is 30.3 Å². The number of hydrogen-bond donors (Lipinski definition) is 3. The number of carbonyl (C=O) groups excluding carboxylic acids is 1. The Kier molecular flexibility index (Phi) is 3.58. The van der Waals surface area contributed by atoms with E-state index in [9.17, 15) is 9.18 Å². The molecule has 4 N–H and O–H groups in total. The summed E-state index contributed by atoms with van der Waals surface area (Å²) in [5.74, 6) is 4.73. The van der Waals surface area contributed by atoms with Gasteiger partial charge < -0.3 is 10.7 Å². The van der Waals surface area contributed by atoms with E-state index in [1.807, 2.05) is 12.1 Å². The highest BCUT2D eigenvalue weighted by Gasteiger charge is 2.26. The highest BCUT2D eigenvalue weighted by molar-refractivity contribution is 5.99. The smallest absolute Gasteiger partial charge is 0.253 e. The standard InChI is InChI=1S/C16H16FN3O/c17-14-7-3-6-13(15(14)20-18)16(21)19-9-11-8-10-4-1-2-5-12(10)11/h1-7,11,20H,8-9,18H2,(H,19,21). The number of para-hydroxylation sites is 1. The molecule has 1 unspecified atom stereocenters. The molecule has 3 rings (SSSR count). The van der Waals surface area contributed by atoms with Gasteiger partial charge in [0.2, 0.25) is 0 Å². The first-order valence-corrected chi connectivity index (χ1v) is 6.82. The van der Waals surface area contributed by atoms with Gasteiger partial charge in [-0.05, 0) is 29.7 Å². The minimum atomic E-state index is -0.542. The number of nitrogen functional groups attached to an aromatic ring is 1. The van der Waals surface area contributed by atoms with Crippen molar-refractivity contribution in [1.29, 1.82) is 0 Å². The molecule has 2 aromatic rings. The van der Waals surface area contributed by atoms with E-state index in [1.165, 1.54) is 23.3 Å². The van der Waals surface area contributed by atoms with E-state index >= 15 is 0 Å². The third-order valence-corrected chi connectivity index (χ3v) is 3.87. The number of nitrogens with two attached hydrogens (primary N) is 1. The van der Waals surface area contributed by atoms with Gasteiger partial charge in [-0.25, -0.2) is 4.39 Å². The summed E-state index contributed by atoms with van der Waals surface area (Å²) in [6.45, 7) is 0.538. The van der Waals surface area contributed by atoms with Crippen LogP contribution in [0.1, 0.15) is 27.4 Å². The van der Waals surface area contributed by atoms with Gasteiger partial charge in [0.25, 0.3) is 5.91 Å². The van der Waals surface area contributed by atoms with Crippen molar-refractivity contribution in [3.8, 4) is 0 Å². The predicted octanol–water partition coefficient (Wildman–Crippen LogP) is 2.18. The maximum absolute atomic E-state index is 13.6. The van der Waals surface area contributed by atoms with Crippen molar-refractivity contribution in [2.45, 2.75) is 12.3 Å².